The molecule has 0 bridgehead atoms. The number of halogens is 2. The molecule has 0 saturated carbocycles. The van der Waals surface area contributed by atoms with Gasteiger partial charge in [-0.15, -0.1) is 0 Å². The zero-order chi connectivity index (χ0) is 17.9. The van der Waals surface area contributed by atoms with Gasteiger partial charge in [-0.25, -0.2) is 13.8 Å². The molecule has 6 heteroatoms. The van der Waals surface area contributed by atoms with Gasteiger partial charge < -0.3 is 9.64 Å². The van der Waals surface area contributed by atoms with Crippen molar-refractivity contribution < 1.29 is 13.5 Å². The number of hydrogen-bond acceptors (Lipinski definition) is 4. The van der Waals surface area contributed by atoms with Crippen LogP contribution in [-0.2, 0) is 11.2 Å². The van der Waals surface area contributed by atoms with Crippen molar-refractivity contribution in [3.8, 4) is 0 Å². The van der Waals surface area contributed by atoms with Crippen molar-refractivity contribution in [3.63, 3.8) is 0 Å². The lowest BCUT2D eigenvalue weighted by molar-refractivity contribution is 0.169. The van der Waals surface area contributed by atoms with Crippen LogP contribution in [0, 0.1) is 5.82 Å². The van der Waals surface area contributed by atoms with E-state index in [0.29, 0.717) is 12.6 Å². The normalized spacial score (nSPS) is 23.3. The molecule has 0 saturated heterocycles. The fourth-order valence-electron chi connectivity index (χ4n) is 3.57. The van der Waals surface area contributed by atoms with Crippen LogP contribution in [0.4, 0.5) is 8.78 Å². The van der Waals surface area contributed by atoms with Crippen LogP contribution in [0.15, 0.2) is 53.5 Å². The minimum atomic E-state index is -1.03. The Morgan fingerprint density at radius 1 is 1.12 bits per heavy atom. The molecular formula is C20H21F2N3O. The molecule has 2 heterocycles. The van der Waals surface area contributed by atoms with Gasteiger partial charge in [0.05, 0.1) is 12.6 Å². The summed E-state index contributed by atoms with van der Waals surface area (Å²) in [6.45, 7) is 1.22. The third-order valence-electron chi connectivity index (χ3n) is 4.81. The molecule has 0 aliphatic carbocycles. The van der Waals surface area contributed by atoms with Crippen LogP contribution in [0.1, 0.15) is 22.7 Å². The SMILES string of the molecule is Fc1ccc([C@H]2c3ccccc3CCN2C2=NC[C@@H](F)CNCO2)cc1. The lowest BCUT2D eigenvalue weighted by Gasteiger charge is -2.39. The summed E-state index contributed by atoms with van der Waals surface area (Å²) in [4.78, 5) is 6.44. The largest absolute Gasteiger partial charge is 0.449 e. The minimum Gasteiger partial charge on any atom is -0.449 e. The second kappa shape index (κ2) is 7.41. The number of nitrogens with zero attached hydrogens (tertiary/aromatic N) is 2. The van der Waals surface area contributed by atoms with E-state index in [0.717, 1.165) is 17.5 Å². The zero-order valence-electron chi connectivity index (χ0n) is 14.4. The van der Waals surface area contributed by atoms with Crippen LogP contribution < -0.4 is 5.32 Å². The maximum atomic E-state index is 13.8. The van der Waals surface area contributed by atoms with E-state index < -0.39 is 6.17 Å². The Morgan fingerprint density at radius 3 is 2.77 bits per heavy atom. The highest BCUT2D eigenvalue weighted by Crippen LogP contribution is 2.35. The third kappa shape index (κ3) is 3.42. The Kier molecular flexibility index (Phi) is 4.84. The van der Waals surface area contributed by atoms with Crippen molar-refractivity contribution in [1.82, 2.24) is 10.2 Å². The number of aliphatic imine (C=N–C) groups is 1. The number of alkyl halides is 1. The Labute approximate surface area is 151 Å². The molecule has 0 radical (unpaired) electrons. The smallest absolute Gasteiger partial charge is 0.289 e. The van der Waals surface area contributed by atoms with Gasteiger partial charge in [0.1, 0.15) is 18.7 Å². The summed E-state index contributed by atoms with van der Waals surface area (Å²) in [5.74, 6) is -0.270. The van der Waals surface area contributed by atoms with E-state index in [1.165, 1.54) is 17.7 Å². The van der Waals surface area contributed by atoms with Gasteiger partial charge in [-0.1, -0.05) is 36.4 Å². The molecule has 4 nitrogen and oxygen atoms in total. The van der Waals surface area contributed by atoms with Gasteiger partial charge in [-0.2, -0.15) is 0 Å². The van der Waals surface area contributed by atoms with E-state index in [1.54, 1.807) is 12.1 Å². The van der Waals surface area contributed by atoms with Crippen LogP contribution in [-0.4, -0.2) is 43.5 Å². The van der Waals surface area contributed by atoms with E-state index in [2.05, 4.69) is 27.3 Å². The fraction of sp³-hybridized carbons (Fsp3) is 0.350. The van der Waals surface area contributed by atoms with Crippen LogP contribution >= 0.6 is 0 Å². The van der Waals surface area contributed by atoms with Gasteiger partial charge in [0.25, 0.3) is 6.02 Å². The summed E-state index contributed by atoms with van der Waals surface area (Å²) >= 11 is 0. The summed E-state index contributed by atoms with van der Waals surface area (Å²) < 4.78 is 33.0. The summed E-state index contributed by atoms with van der Waals surface area (Å²) in [5.41, 5.74) is 3.35. The van der Waals surface area contributed by atoms with Crippen molar-refractivity contribution in [2.45, 2.75) is 18.6 Å². The number of amidine groups is 1. The molecular weight excluding hydrogens is 336 g/mol. The van der Waals surface area contributed by atoms with Crippen molar-refractivity contribution >= 4 is 6.02 Å². The monoisotopic (exact) mass is 357 g/mol. The second-order valence-corrected chi connectivity index (χ2v) is 6.56. The highest BCUT2D eigenvalue weighted by molar-refractivity contribution is 5.76. The molecule has 2 aliphatic heterocycles. The topological polar surface area (TPSA) is 36.9 Å². The molecule has 2 atom stereocenters. The lowest BCUT2D eigenvalue weighted by atomic mass is 9.88. The van der Waals surface area contributed by atoms with Crippen molar-refractivity contribution in [2.24, 2.45) is 4.99 Å². The van der Waals surface area contributed by atoms with Gasteiger partial charge in [0, 0.05) is 13.1 Å². The molecule has 0 spiro atoms. The number of fused-ring (bicyclic) bond motifs is 1. The first-order valence-electron chi connectivity index (χ1n) is 8.84. The van der Waals surface area contributed by atoms with E-state index >= 15 is 0 Å². The van der Waals surface area contributed by atoms with Crippen LogP contribution in [0.25, 0.3) is 0 Å². The number of nitrogens with one attached hydrogen (secondary N) is 1. The standard InChI is InChI=1S/C20H21F2N3O/c21-16-7-5-15(6-8-16)19-18-4-2-1-3-14(18)9-10-25(19)20-24-12-17(22)11-23-13-26-20/h1-8,17,19,23H,9-13H2/t17-,19-/m0/s1. The predicted octanol–water partition coefficient (Wildman–Crippen LogP) is 3.04. The van der Waals surface area contributed by atoms with Crippen LogP contribution in [0.2, 0.25) is 0 Å². The average molecular weight is 357 g/mol. The zero-order valence-corrected chi connectivity index (χ0v) is 14.4. The quantitative estimate of drug-likeness (QED) is 0.852. The van der Waals surface area contributed by atoms with Crippen LogP contribution in [0.3, 0.4) is 0 Å². The molecule has 136 valence electrons. The van der Waals surface area contributed by atoms with E-state index in [4.69, 9.17) is 4.74 Å². The Morgan fingerprint density at radius 2 is 1.92 bits per heavy atom. The molecule has 2 aromatic rings. The first kappa shape index (κ1) is 17.0. The molecule has 0 amide bonds. The van der Waals surface area contributed by atoms with Crippen molar-refractivity contribution in [1.29, 1.82) is 0 Å². The molecule has 26 heavy (non-hydrogen) atoms. The molecule has 0 fully saturated rings. The van der Waals surface area contributed by atoms with E-state index in [-0.39, 0.29) is 31.7 Å². The van der Waals surface area contributed by atoms with Gasteiger partial charge in [-0.3, -0.25) is 5.32 Å². The average Bonchev–Trinajstić information content (AvgIpc) is 2.65. The molecule has 0 aromatic heterocycles. The molecule has 4 rings (SSSR count). The van der Waals surface area contributed by atoms with Crippen LogP contribution in [0.5, 0.6) is 0 Å². The van der Waals surface area contributed by atoms with Crippen molar-refractivity contribution in [3.05, 3.63) is 71.0 Å². The first-order chi connectivity index (χ1) is 12.7. The molecule has 0 unspecified atom stereocenters. The molecule has 2 aromatic carbocycles. The highest BCUT2D eigenvalue weighted by atomic mass is 19.1. The third-order valence-corrected chi connectivity index (χ3v) is 4.81. The fourth-order valence-corrected chi connectivity index (χ4v) is 3.57. The van der Waals surface area contributed by atoms with E-state index in [9.17, 15) is 8.78 Å². The van der Waals surface area contributed by atoms with Gasteiger partial charge >= 0.3 is 0 Å². The Bertz CT molecular complexity index is 794. The first-order valence-corrected chi connectivity index (χ1v) is 8.84. The number of benzene rings is 2. The van der Waals surface area contributed by atoms with Gasteiger partial charge in [-0.05, 0) is 35.2 Å². The number of rotatable bonds is 1. The highest BCUT2D eigenvalue weighted by Gasteiger charge is 2.32. The lowest BCUT2D eigenvalue weighted by Crippen LogP contribution is -2.44. The summed E-state index contributed by atoms with van der Waals surface area (Å²) in [6.07, 6.45) is -0.182. The molecule has 2 aliphatic rings. The predicted molar refractivity (Wildman–Crippen MR) is 96.2 cm³/mol. The maximum Gasteiger partial charge on any atom is 0.289 e. The van der Waals surface area contributed by atoms with Gasteiger partial charge in [0.15, 0.2) is 0 Å². The molecule has 1 N–H and O–H groups in total. The Balaban J connectivity index is 1.75. The van der Waals surface area contributed by atoms with E-state index in [1.807, 2.05) is 12.1 Å². The van der Waals surface area contributed by atoms with Crippen molar-refractivity contribution in [2.75, 3.05) is 26.4 Å². The number of ether oxygens (including phenoxy) is 1. The maximum absolute atomic E-state index is 13.8. The summed E-state index contributed by atoms with van der Waals surface area (Å²) in [7, 11) is 0. The summed E-state index contributed by atoms with van der Waals surface area (Å²) in [5, 5.41) is 2.93. The minimum absolute atomic E-state index is 0.0661. The van der Waals surface area contributed by atoms with Gasteiger partial charge in [0.2, 0.25) is 0 Å². The number of hydrogen-bond donors (Lipinski definition) is 1. The summed E-state index contributed by atoms with van der Waals surface area (Å²) in [6, 6.07) is 15.0. The Hall–Kier alpha value is -2.47. The second-order valence-electron chi connectivity index (χ2n) is 6.56.